The maximum absolute atomic E-state index is 9.55. The Bertz CT molecular complexity index is 617. The Morgan fingerprint density at radius 2 is 1.95 bits per heavy atom. The Morgan fingerprint density at radius 3 is 2.73 bits per heavy atom. The normalized spacial score (nSPS) is 21.5. The topological polar surface area (TPSA) is 70.9 Å². The quantitative estimate of drug-likeness (QED) is 0.908. The van der Waals surface area contributed by atoms with Crippen molar-refractivity contribution in [3.63, 3.8) is 0 Å². The summed E-state index contributed by atoms with van der Waals surface area (Å²) in [6, 6.07) is 6.08. The molecule has 116 valence electrons. The van der Waals surface area contributed by atoms with E-state index in [-0.39, 0.29) is 6.61 Å². The number of anilines is 1. The van der Waals surface area contributed by atoms with Crippen LogP contribution in [0.2, 0.25) is 0 Å². The lowest BCUT2D eigenvalue weighted by Crippen LogP contribution is -2.34. The van der Waals surface area contributed by atoms with E-state index in [1.165, 1.54) is 12.8 Å². The SMILES string of the molecule is Cc1cc(NC2CCCCC2CO)nc(-c2ccncc2)n1. The summed E-state index contributed by atoms with van der Waals surface area (Å²) in [6.07, 6.45) is 8.06. The van der Waals surface area contributed by atoms with Gasteiger partial charge in [-0.15, -0.1) is 0 Å². The number of nitrogens with one attached hydrogen (secondary N) is 1. The number of pyridine rings is 1. The average Bonchev–Trinajstić information content (AvgIpc) is 2.56. The Hall–Kier alpha value is -2.01. The van der Waals surface area contributed by atoms with Crippen LogP contribution in [0.5, 0.6) is 0 Å². The molecule has 2 unspecified atom stereocenters. The molecule has 5 nitrogen and oxygen atoms in total. The zero-order valence-electron chi connectivity index (χ0n) is 12.9. The predicted octanol–water partition coefficient (Wildman–Crippen LogP) is 2.81. The van der Waals surface area contributed by atoms with Gasteiger partial charge >= 0.3 is 0 Å². The minimum Gasteiger partial charge on any atom is -0.396 e. The molecule has 3 rings (SSSR count). The molecule has 5 heteroatoms. The summed E-state index contributed by atoms with van der Waals surface area (Å²) >= 11 is 0. The van der Waals surface area contributed by atoms with E-state index in [1.807, 2.05) is 25.1 Å². The summed E-state index contributed by atoms with van der Waals surface area (Å²) < 4.78 is 0. The maximum atomic E-state index is 9.55. The molecule has 1 saturated carbocycles. The van der Waals surface area contributed by atoms with E-state index in [0.29, 0.717) is 17.8 Å². The maximum Gasteiger partial charge on any atom is 0.161 e. The lowest BCUT2D eigenvalue weighted by molar-refractivity contribution is 0.178. The molecule has 2 heterocycles. The molecule has 2 aromatic heterocycles. The van der Waals surface area contributed by atoms with Crippen LogP contribution >= 0.6 is 0 Å². The van der Waals surface area contributed by atoms with Crippen molar-refractivity contribution in [3.05, 3.63) is 36.3 Å². The fourth-order valence-electron chi connectivity index (χ4n) is 3.08. The van der Waals surface area contributed by atoms with Gasteiger partial charge in [0, 0.05) is 48.3 Å². The molecule has 0 amide bonds. The number of aliphatic hydroxyl groups is 1. The molecule has 0 saturated heterocycles. The molecule has 0 bridgehead atoms. The fourth-order valence-corrected chi connectivity index (χ4v) is 3.08. The van der Waals surface area contributed by atoms with E-state index >= 15 is 0 Å². The van der Waals surface area contributed by atoms with Crippen LogP contribution in [0, 0.1) is 12.8 Å². The van der Waals surface area contributed by atoms with Gasteiger partial charge in [0.25, 0.3) is 0 Å². The van der Waals surface area contributed by atoms with Crippen LogP contribution in [0.15, 0.2) is 30.6 Å². The van der Waals surface area contributed by atoms with Gasteiger partial charge in [0.05, 0.1) is 0 Å². The van der Waals surface area contributed by atoms with Crippen LogP contribution in [-0.2, 0) is 0 Å². The van der Waals surface area contributed by atoms with E-state index in [4.69, 9.17) is 0 Å². The number of aromatic nitrogens is 3. The standard InChI is InChI=1S/C17H22N4O/c1-12-10-16(20-15-5-3-2-4-14(15)11-22)21-17(19-12)13-6-8-18-9-7-13/h6-10,14-15,22H,2-5,11H2,1H3,(H,19,20,21). The van der Waals surface area contributed by atoms with E-state index in [1.54, 1.807) is 12.4 Å². The van der Waals surface area contributed by atoms with Crippen molar-refractivity contribution in [2.24, 2.45) is 5.92 Å². The van der Waals surface area contributed by atoms with Crippen molar-refractivity contribution in [1.82, 2.24) is 15.0 Å². The summed E-state index contributed by atoms with van der Waals surface area (Å²) in [4.78, 5) is 13.2. The largest absolute Gasteiger partial charge is 0.396 e. The van der Waals surface area contributed by atoms with Crippen LogP contribution in [0.3, 0.4) is 0 Å². The van der Waals surface area contributed by atoms with Crippen LogP contribution in [-0.4, -0.2) is 32.7 Å². The molecule has 1 fully saturated rings. The van der Waals surface area contributed by atoms with Crippen molar-refractivity contribution in [2.75, 3.05) is 11.9 Å². The molecular formula is C17H22N4O. The molecule has 0 radical (unpaired) electrons. The summed E-state index contributed by atoms with van der Waals surface area (Å²) in [5, 5.41) is 13.1. The molecule has 0 aromatic carbocycles. The average molecular weight is 298 g/mol. The molecule has 22 heavy (non-hydrogen) atoms. The molecule has 1 aliphatic carbocycles. The summed E-state index contributed by atoms with van der Waals surface area (Å²) in [7, 11) is 0. The van der Waals surface area contributed by atoms with Crippen molar-refractivity contribution >= 4 is 5.82 Å². The van der Waals surface area contributed by atoms with Crippen molar-refractivity contribution < 1.29 is 5.11 Å². The minimum atomic E-state index is 0.235. The lowest BCUT2D eigenvalue weighted by atomic mass is 9.85. The van der Waals surface area contributed by atoms with E-state index < -0.39 is 0 Å². The number of hydrogen-bond acceptors (Lipinski definition) is 5. The molecule has 2 aromatic rings. The van der Waals surface area contributed by atoms with Crippen LogP contribution in [0.1, 0.15) is 31.4 Å². The summed E-state index contributed by atoms with van der Waals surface area (Å²) in [6.45, 7) is 2.21. The highest BCUT2D eigenvalue weighted by molar-refractivity contribution is 5.56. The molecular weight excluding hydrogens is 276 g/mol. The monoisotopic (exact) mass is 298 g/mol. The predicted molar refractivity (Wildman–Crippen MR) is 86.5 cm³/mol. The fraction of sp³-hybridized carbons (Fsp3) is 0.471. The second-order valence-electron chi connectivity index (χ2n) is 5.93. The second kappa shape index (κ2) is 6.83. The zero-order valence-corrected chi connectivity index (χ0v) is 12.9. The highest BCUT2D eigenvalue weighted by Gasteiger charge is 2.24. The van der Waals surface area contributed by atoms with Gasteiger partial charge < -0.3 is 10.4 Å². The Morgan fingerprint density at radius 1 is 1.18 bits per heavy atom. The summed E-state index contributed by atoms with van der Waals surface area (Å²) in [5.74, 6) is 1.86. The van der Waals surface area contributed by atoms with Crippen LogP contribution in [0.4, 0.5) is 5.82 Å². The third kappa shape index (κ3) is 3.42. The summed E-state index contributed by atoms with van der Waals surface area (Å²) in [5.41, 5.74) is 1.89. The van der Waals surface area contributed by atoms with Gasteiger partial charge in [-0.05, 0) is 31.9 Å². The van der Waals surface area contributed by atoms with Gasteiger partial charge in [-0.1, -0.05) is 12.8 Å². The number of nitrogens with zero attached hydrogens (tertiary/aromatic N) is 3. The first-order valence-electron chi connectivity index (χ1n) is 7.90. The Balaban J connectivity index is 1.83. The van der Waals surface area contributed by atoms with Gasteiger partial charge in [0.15, 0.2) is 5.82 Å². The van der Waals surface area contributed by atoms with Crippen molar-refractivity contribution in [2.45, 2.75) is 38.6 Å². The smallest absolute Gasteiger partial charge is 0.161 e. The lowest BCUT2D eigenvalue weighted by Gasteiger charge is -2.31. The molecule has 2 atom stereocenters. The molecule has 2 N–H and O–H groups in total. The second-order valence-corrected chi connectivity index (χ2v) is 5.93. The van der Waals surface area contributed by atoms with Crippen molar-refractivity contribution in [3.8, 4) is 11.4 Å². The van der Waals surface area contributed by atoms with Gasteiger partial charge in [-0.25, -0.2) is 9.97 Å². The van der Waals surface area contributed by atoms with E-state index in [2.05, 4.69) is 20.3 Å². The Labute approximate surface area is 130 Å². The highest BCUT2D eigenvalue weighted by Crippen LogP contribution is 2.27. The third-order valence-electron chi connectivity index (χ3n) is 4.27. The number of aliphatic hydroxyl groups excluding tert-OH is 1. The number of hydrogen-bond donors (Lipinski definition) is 2. The van der Waals surface area contributed by atoms with Crippen molar-refractivity contribution in [1.29, 1.82) is 0 Å². The highest BCUT2D eigenvalue weighted by atomic mass is 16.3. The third-order valence-corrected chi connectivity index (χ3v) is 4.27. The van der Waals surface area contributed by atoms with E-state index in [9.17, 15) is 5.11 Å². The van der Waals surface area contributed by atoms with Crippen LogP contribution in [0.25, 0.3) is 11.4 Å². The van der Waals surface area contributed by atoms with Gasteiger partial charge in [0.2, 0.25) is 0 Å². The first kappa shape index (κ1) is 14.9. The van der Waals surface area contributed by atoms with Crippen LogP contribution < -0.4 is 5.32 Å². The zero-order chi connectivity index (χ0) is 15.4. The first-order chi connectivity index (χ1) is 10.8. The minimum absolute atomic E-state index is 0.235. The van der Waals surface area contributed by atoms with E-state index in [0.717, 1.165) is 29.9 Å². The molecule has 1 aliphatic rings. The van der Waals surface area contributed by atoms with Gasteiger partial charge in [-0.2, -0.15) is 0 Å². The van der Waals surface area contributed by atoms with Gasteiger partial charge in [0.1, 0.15) is 5.82 Å². The Kier molecular flexibility index (Phi) is 4.63. The molecule has 0 spiro atoms. The molecule has 0 aliphatic heterocycles. The first-order valence-corrected chi connectivity index (χ1v) is 7.90. The number of rotatable bonds is 4. The van der Waals surface area contributed by atoms with Gasteiger partial charge in [-0.3, -0.25) is 4.98 Å². The number of aryl methyl sites for hydroxylation is 1.